The number of aryl methyl sites for hydroxylation is 1. The molecule has 35 heavy (non-hydrogen) atoms. The van der Waals surface area contributed by atoms with E-state index in [9.17, 15) is 0 Å². The van der Waals surface area contributed by atoms with E-state index in [0.717, 1.165) is 0 Å². The van der Waals surface area contributed by atoms with Crippen LogP contribution < -0.4 is 4.57 Å². The van der Waals surface area contributed by atoms with Gasteiger partial charge in [0.2, 0.25) is 0 Å². The lowest BCUT2D eigenvalue weighted by atomic mass is 10.0. The Morgan fingerprint density at radius 1 is 0.543 bits per heavy atom. The fraction of sp³-hybridized carbons (Fsp3) is 0.909. The van der Waals surface area contributed by atoms with Gasteiger partial charge in [-0.2, -0.15) is 0 Å². The number of imidazole rings is 1. The smallest absolute Gasteiger partial charge is 0.234 e. The summed E-state index contributed by atoms with van der Waals surface area (Å²) >= 11 is 0. The molecule has 0 aliphatic carbocycles. The summed E-state index contributed by atoms with van der Waals surface area (Å²) in [5.74, 6) is 1.57. The van der Waals surface area contributed by atoms with Crippen LogP contribution in [0.2, 0.25) is 0 Å². The first-order chi connectivity index (χ1) is 17.2. The molecular formula is C33H65N2+. The van der Waals surface area contributed by atoms with Gasteiger partial charge in [-0.15, -0.1) is 0 Å². The van der Waals surface area contributed by atoms with Crippen molar-refractivity contribution in [3.8, 4) is 0 Å². The Morgan fingerprint density at radius 2 is 0.914 bits per heavy atom. The third-order valence-electron chi connectivity index (χ3n) is 7.85. The Morgan fingerprint density at radius 3 is 1.31 bits per heavy atom. The topological polar surface area (TPSA) is 8.81 Å². The van der Waals surface area contributed by atoms with E-state index in [1.165, 1.54) is 161 Å². The molecule has 1 heterocycles. The van der Waals surface area contributed by atoms with Gasteiger partial charge < -0.3 is 0 Å². The van der Waals surface area contributed by atoms with Gasteiger partial charge in [0.25, 0.3) is 5.82 Å². The first kappa shape index (κ1) is 32.2. The van der Waals surface area contributed by atoms with Gasteiger partial charge in [-0.05, 0) is 33.1 Å². The minimum absolute atomic E-state index is 0.570. The normalized spacial score (nSPS) is 11.7. The number of unbranched alkanes of at least 4 members (excludes halogenated alkanes) is 21. The van der Waals surface area contributed by atoms with E-state index >= 15 is 0 Å². The van der Waals surface area contributed by atoms with Crippen LogP contribution in [0.3, 0.4) is 0 Å². The van der Waals surface area contributed by atoms with Crippen molar-refractivity contribution in [3.63, 3.8) is 0 Å². The molecule has 0 amide bonds. The predicted molar refractivity (Wildman–Crippen MR) is 156 cm³/mol. The molecule has 2 nitrogen and oxygen atoms in total. The van der Waals surface area contributed by atoms with Crippen LogP contribution in [0, 0.1) is 0 Å². The fourth-order valence-electron chi connectivity index (χ4n) is 5.49. The highest BCUT2D eigenvalue weighted by atomic mass is 15.2. The van der Waals surface area contributed by atoms with Gasteiger partial charge in [-0.1, -0.05) is 142 Å². The molecule has 0 spiro atoms. The maximum Gasteiger partial charge on any atom is 0.256 e. The van der Waals surface area contributed by atoms with E-state index in [1.54, 1.807) is 5.82 Å². The van der Waals surface area contributed by atoms with Crippen LogP contribution >= 0.6 is 0 Å². The van der Waals surface area contributed by atoms with Crippen molar-refractivity contribution in [2.24, 2.45) is 0 Å². The van der Waals surface area contributed by atoms with Crippen molar-refractivity contribution < 1.29 is 4.57 Å². The lowest BCUT2D eigenvalue weighted by Gasteiger charge is -2.08. The summed E-state index contributed by atoms with van der Waals surface area (Å²) in [5.41, 5.74) is 0. The summed E-state index contributed by atoms with van der Waals surface area (Å²) in [5, 5.41) is 0. The largest absolute Gasteiger partial charge is 0.256 e. The Balaban J connectivity index is 2.13. The molecule has 0 atom stereocenters. The molecule has 0 aliphatic heterocycles. The van der Waals surface area contributed by atoms with Crippen molar-refractivity contribution in [1.29, 1.82) is 0 Å². The number of rotatable bonds is 26. The first-order valence-electron chi connectivity index (χ1n) is 16.3. The van der Waals surface area contributed by atoms with Crippen LogP contribution in [0.1, 0.15) is 187 Å². The summed E-state index contributed by atoms with van der Waals surface area (Å²) in [4.78, 5) is 0. The molecule has 0 radical (unpaired) electrons. The minimum atomic E-state index is 0.570. The molecule has 0 bridgehead atoms. The van der Waals surface area contributed by atoms with E-state index in [4.69, 9.17) is 0 Å². The highest BCUT2D eigenvalue weighted by Crippen LogP contribution is 2.15. The van der Waals surface area contributed by atoms with Gasteiger partial charge in [0.1, 0.15) is 12.4 Å². The van der Waals surface area contributed by atoms with E-state index in [0.29, 0.717) is 6.04 Å². The van der Waals surface area contributed by atoms with Crippen molar-refractivity contribution in [1.82, 2.24) is 4.57 Å². The monoisotopic (exact) mass is 490 g/mol. The molecule has 1 aromatic rings. The molecule has 0 saturated carbocycles. The summed E-state index contributed by atoms with van der Waals surface area (Å²) < 4.78 is 5.10. The van der Waals surface area contributed by atoms with Crippen LogP contribution in [-0.2, 0) is 13.0 Å². The Bertz CT molecular complexity index is 559. The molecule has 0 unspecified atom stereocenters. The molecule has 0 saturated heterocycles. The van der Waals surface area contributed by atoms with Crippen molar-refractivity contribution in [2.75, 3.05) is 0 Å². The second kappa shape index (κ2) is 23.6. The van der Waals surface area contributed by atoms with E-state index in [2.05, 4.69) is 49.2 Å². The average molecular weight is 490 g/mol. The zero-order valence-corrected chi connectivity index (χ0v) is 24.8. The lowest BCUT2D eigenvalue weighted by Crippen LogP contribution is -2.37. The van der Waals surface area contributed by atoms with E-state index in [-0.39, 0.29) is 0 Å². The van der Waals surface area contributed by atoms with Crippen LogP contribution in [0.15, 0.2) is 12.4 Å². The fourth-order valence-corrected chi connectivity index (χ4v) is 5.49. The second-order valence-corrected chi connectivity index (χ2v) is 11.6. The van der Waals surface area contributed by atoms with Crippen LogP contribution in [-0.4, -0.2) is 4.57 Å². The number of nitrogens with zero attached hydrogens (tertiary/aromatic N) is 2. The molecule has 0 fully saturated rings. The van der Waals surface area contributed by atoms with Crippen molar-refractivity contribution >= 4 is 0 Å². The zero-order chi connectivity index (χ0) is 25.4. The Hall–Kier alpha value is -0.790. The summed E-state index contributed by atoms with van der Waals surface area (Å²) in [6.45, 7) is 10.5. The van der Waals surface area contributed by atoms with Crippen LogP contribution in [0.5, 0.6) is 0 Å². The van der Waals surface area contributed by atoms with E-state index in [1.807, 2.05) is 0 Å². The zero-order valence-electron chi connectivity index (χ0n) is 24.8. The molecule has 1 rings (SSSR count). The standard InChI is InChI=1S/C33H65N2/c1-5-7-9-11-13-15-17-18-20-22-24-26-28-33-34(30-31-35(33)32(3)4)29-27-25-23-21-19-16-14-12-10-8-6-2/h30-32H,5-29H2,1-4H3/q+1. The lowest BCUT2D eigenvalue weighted by molar-refractivity contribution is -0.704. The third kappa shape index (κ3) is 17.3. The Labute approximate surface area is 221 Å². The number of hydrogen-bond donors (Lipinski definition) is 0. The maximum absolute atomic E-state index is 2.58. The SMILES string of the molecule is CCCCCCCCCCCCCCc1n(C(C)C)cc[n+]1CCCCCCCCCCCCC. The number of aromatic nitrogens is 2. The highest BCUT2D eigenvalue weighted by molar-refractivity contribution is 4.86. The second-order valence-electron chi connectivity index (χ2n) is 11.6. The van der Waals surface area contributed by atoms with E-state index < -0.39 is 0 Å². The first-order valence-corrected chi connectivity index (χ1v) is 16.3. The molecule has 0 aliphatic rings. The van der Waals surface area contributed by atoms with Gasteiger partial charge in [0.15, 0.2) is 0 Å². The number of hydrogen-bond acceptors (Lipinski definition) is 0. The predicted octanol–water partition coefficient (Wildman–Crippen LogP) is 10.9. The highest BCUT2D eigenvalue weighted by Gasteiger charge is 2.18. The van der Waals surface area contributed by atoms with Gasteiger partial charge >= 0.3 is 0 Å². The van der Waals surface area contributed by atoms with Gasteiger partial charge in [-0.3, -0.25) is 0 Å². The van der Waals surface area contributed by atoms with Crippen LogP contribution in [0.4, 0.5) is 0 Å². The molecule has 0 aromatic carbocycles. The molecule has 0 N–H and O–H groups in total. The van der Waals surface area contributed by atoms with Gasteiger partial charge in [0, 0.05) is 6.42 Å². The molecule has 2 heteroatoms. The maximum atomic E-state index is 2.58. The molecule has 206 valence electrons. The van der Waals surface area contributed by atoms with Crippen molar-refractivity contribution in [2.45, 2.75) is 194 Å². The molecular weight excluding hydrogens is 424 g/mol. The summed E-state index contributed by atoms with van der Waals surface area (Å²) in [7, 11) is 0. The third-order valence-corrected chi connectivity index (χ3v) is 7.85. The summed E-state index contributed by atoms with van der Waals surface area (Å²) in [6.07, 6.45) is 38.8. The summed E-state index contributed by atoms with van der Waals surface area (Å²) in [6, 6.07) is 0.570. The average Bonchev–Trinajstić information content (AvgIpc) is 3.26. The minimum Gasteiger partial charge on any atom is -0.234 e. The quantitative estimate of drug-likeness (QED) is 0.0903. The van der Waals surface area contributed by atoms with Crippen LogP contribution in [0.25, 0.3) is 0 Å². The van der Waals surface area contributed by atoms with Gasteiger partial charge in [-0.25, -0.2) is 9.13 Å². The molecule has 1 aromatic heterocycles. The van der Waals surface area contributed by atoms with Gasteiger partial charge in [0.05, 0.1) is 12.6 Å². The Kier molecular flexibility index (Phi) is 21.7. The van der Waals surface area contributed by atoms with Crippen molar-refractivity contribution in [3.05, 3.63) is 18.2 Å².